The third kappa shape index (κ3) is 3.88. The number of benzene rings is 1. The van der Waals surface area contributed by atoms with Crippen molar-refractivity contribution in [3.8, 4) is 6.07 Å². The fraction of sp³-hybridized carbons (Fsp3) is 0.423. The summed E-state index contributed by atoms with van der Waals surface area (Å²) >= 11 is 1.27. The van der Waals surface area contributed by atoms with Gasteiger partial charge < -0.3 is 26.0 Å². The molecule has 186 valence electrons. The number of aryl methyl sites for hydroxylation is 1. The highest BCUT2D eigenvalue weighted by atomic mass is 32.1. The van der Waals surface area contributed by atoms with Gasteiger partial charge in [-0.25, -0.2) is 9.37 Å². The minimum absolute atomic E-state index is 0.0639. The van der Waals surface area contributed by atoms with E-state index in [0.717, 1.165) is 28.0 Å². The molecule has 7 rings (SSSR count). The number of rotatable bonds is 3. The number of carbonyl (C=O) groups is 1. The first-order valence-electron chi connectivity index (χ1n) is 12.2. The molecule has 4 aliphatic rings. The molecule has 0 radical (unpaired) electrons. The van der Waals surface area contributed by atoms with E-state index in [2.05, 4.69) is 26.6 Å². The van der Waals surface area contributed by atoms with E-state index in [1.165, 1.54) is 17.4 Å². The number of thiophene rings is 1. The molecule has 3 aliphatic heterocycles. The van der Waals surface area contributed by atoms with Gasteiger partial charge >= 0.3 is 0 Å². The number of hydrogen-bond acceptors (Lipinski definition) is 8. The molecule has 1 amide bonds. The van der Waals surface area contributed by atoms with Crippen molar-refractivity contribution in [1.29, 1.82) is 5.26 Å². The highest BCUT2D eigenvalue weighted by Crippen LogP contribution is 2.37. The molecule has 2 aromatic heterocycles. The molecule has 1 aromatic carbocycles. The molecule has 0 spiro atoms. The Bertz CT molecular complexity index is 1410. The van der Waals surface area contributed by atoms with E-state index in [4.69, 9.17) is 10.5 Å². The van der Waals surface area contributed by atoms with Crippen molar-refractivity contribution in [2.24, 2.45) is 0 Å². The van der Waals surface area contributed by atoms with E-state index in [1.807, 2.05) is 19.1 Å². The number of piperazine rings is 1. The Morgan fingerprint density at radius 3 is 3.08 bits per heavy atom. The molecule has 3 saturated heterocycles. The van der Waals surface area contributed by atoms with Crippen LogP contribution in [-0.4, -0.2) is 55.3 Å². The average Bonchev–Trinajstić information content (AvgIpc) is 3.02. The van der Waals surface area contributed by atoms with Crippen LogP contribution in [0.3, 0.4) is 0 Å². The first-order valence-corrected chi connectivity index (χ1v) is 13.0. The van der Waals surface area contributed by atoms with Crippen molar-refractivity contribution in [3.63, 3.8) is 0 Å². The lowest BCUT2D eigenvalue weighted by Gasteiger charge is -2.39. The van der Waals surface area contributed by atoms with Crippen LogP contribution in [0.15, 0.2) is 18.2 Å². The van der Waals surface area contributed by atoms with Crippen molar-refractivity contribution in [3.05, 3.63) is 51.3 Å². The fourth-order valence-electron chi connectivity index (χ4n) is 5.64. The third-order valence-corrected chi connectivity index (χ3v) is 8.61. The Hall–Kier alpha value is -3.26. The second-order valence-corrected chi connectivity index (χ2v) is 10.8. The number of nitrogens with one attached hydrogen (secondary N) is 2. The summed E-state index contributed by atoms with van der Waals surface area (Å²) in [5.74, 6) is -0.597. The van der Waals surface area contributed by atoms with Crippen LogP contribution in [0.25, 0.3) is 10.2 Å². The Balaban J connectivity index is 1.26. The normalized spacial score (nSPS) is 23.2. The maximum absolute atomic E-state index is 15.5. The number of anilines is 2. The summed E-state index contributed by atoms with van der Waals surface area (Å²) in [5.41, 5.74) is 10.0. The monoisotopic (exact) mass is 506 g/mol. The molecular formula is C26H27FN6O2S. The van der Waals surface area contributed by atoms with Crippen LogP contribution in [-0.2, 0) is 17.6 Å². The number of fused-ring (bicyclic) bond motifs is 6. The number of pyridine rings is 1. The molecule has 1 aliphatic carbocycles. The van der Waals surface area contributed by atoms with Crippen LogP contribution in [0.2, 0.25) is 0 Å². The number of hydrogen-bond donors (Lipinski definition) is 3. The van der Waals surface area contributed by atoms with E-state index in [0.29, 0.717) is 66.4 Å². The summed E-state index contributed by atoms with van der Waals surface area (Å²) in [6, 6.07) is 7.59. The Labute approximate surface area is 212 Å². The first-order chi connectivity index (χ1) is 17.4. The standard InChI is InChI=1S/C26H27FN6O2S/c1-13-2-4-18-23(29)24(36-26(18)31-13)25(34)32-14-3-5-17-19(6-14)21(27)7-22(20(17)8-28)33-10-15-11-35-12-16(33)9-30-15/h2,4,7,14-16,30H,3,5-6,9-12,29H2,1H3,(H,32,34)/t14-,15?,16?/m0/s1. The van der Waals surface area contributed by atoms with Gasteiger partial charge in [-0.1, -0.05) is 0 Å². The number of nitrogens with zero attached hydrogens (tertiary/aromatic N) is 3. The van der Waals surface area contributed by atoms with Crippen molar-refractivity contribution >= 4 is 38.8 Å². The van der Waals surface area contributed by atoms with Gasteiger partial charge in [0.15, 0.2) is 0 Å². The van der Waals surface area contributed by atoms with E-state index in [-0.39, 0.29) is 29.8 Å². The van der Waals surface area contributed by atoms with Crippen molar-refractivity contribution < 1.29 is 13.9 Å². The summed E-state index contributed by atoms with van der Waals surface area (Å²) in [5, 5.41) is 17.3. The highest BCUT2D eigenvalue weighted by molar-refractivity contribution is 7.21. The predicted octanol–water partition coefficient (Wildman–Crippen LogP) is 2.66. The van der Waals surface area contributed by atoms with Gasteiger partial charge in [0.25, 0.3) is 5.91 Å². The lowest BCUT2D eigenvalue weighted by Crippen LogP contribution is -2.56. The van der Waals surface area contributed by atoms with Gasteiger partial charge in [-0.2, -0.15) is 5.26 Å². The van der Waals surface area contributed by atoms with Gasteiger partial charge in [-0.05, 0) is 55.5 Å². The largest absolute Gasteiger partial charge is 0.397 e. The number of amides is 1. The summed E-state index contributed by atoms with van der Waals surface area (Å²) in [7, 11) is 0. The number of aromatic nitrogens is 1. The van der Waals surface area contributed by atoms with E-state index in [1.54, 1.807) is 0 Å². The molecule has 5 heterocycles. The highest BCUT2D eigenvalue weighted by Gasteiger charge is 2.35. The van der Waals surface area contributed by atoms with Gasteiger partial charge in [0.1, 0.15) is 21.6 Å². The number of halogens is 1. The maximum Gasteiger partial charge on any atom is 0.263 e. The summed E-state index contributed by atoms with van der Waals surface area (Å²) in [6.45, 7) is 4.49. The van der Waals surface area contributed by atoms with E-state index in [9.17, 15) is 10.1 Å². The molecule has 2 unspecified atom stereocenters. The van der Waals surface area contributed by atoms with Crippen LogP contribution < -0.4 is 21.3 Å². The molecule has 2 bridgehead atoms. The number of ether oxygens (including phenoxy) is 1. The molecule has 8 nitrogen and oxygen atoms in total. The Morgan fingerprint density at radius 1 is 1.39 bits per heavy atom. The lowest BCUT2D eigenvalue weighted by molar-refractivity contribution is 0.0938. The zero-order valence-corrected chi connectivity index (χ0v) is 20.8. The number of nitrogens with two attached hydrogens (primary N) is 1. The summed E-state index contributed by atoms with van der Waals surface area (Å²) in [6.07, 6.45) is 1.48. The SMILES string of the molecule is Cc1ccc2c(N)c(C(=O)N[C@H]3CCc4c(C#N)c(N5CC6COCC5CN6)cc(F)c4C3)sc2n1. The van der Waals surface area contributed by atoms with Gasteiger partial charge in [-0.15, -0.1) is 11.3 Å². The van der Waals surface area contributed by atoms with Crippen molar-refractivity contribution in [1.82, 2.24) is 15.6 Å². The van der Waals surface area contributed by atoms with Gasteiger partial charge in [-0.3, -0.25) is 4.79 Å². The summed E-state index contributed by atoms with van der Waals surface area (Å²) < 4.78 is 21.2. The van der Waals surface area contributed by atoms with Gasteiger partial charge in [0, 0.05) is 36.3 Å². The molecule has 3 aromatic rings. The molecule has 10 heteroatoms. The van der Waals surface area contributed by atoms with Crippen LogP contribution >= 0.6 is 11.3 Å². The van der Waals surface area contributed by atoms with Crippen molar-refractivity contribution in [2.75, 3.05) is 36.9 Å². The molecule has 3 atom stereocenters. The molecular weight excluding hydrogens is 479 g/mol. The van der Waals surface area contributed by atoms with Crippen LogP contribution in [0.5, 0.6) is 0 Å². The molecule has 36 heavy (non-hydrogen) atoms. The van der Waals surface area contributed by atoms with Crippen LogP contribution in [0, 0.1) is 24.1 Å². The van der Waals surface area contributed by atoms with E-state index < -0.39 is 0 Å². The zero-order valence-electron chi connectivity index (χ0n) is 19.9. The lowest BCUT2D eigenvalue weighted by atomic mass is 9.84. The Kier molecular flexibility index (Phi) is 5.79. The molecule has 4 N–H and O–H groups in total. The maximum atomic E-state index is 15.5. The van der Waals surface area contributed by atoms with E-state index >= 15 is 4.39 Å². The topological polar surface area (TPSA) is 116 Å². The van der Waals surface area contributed by atoms with Crippen molar-refractivity contribution in [2.45, 2.75) is 44.3 Å². The molecule has 3 fully saturated rings. The fourth-order valence-corrected chi connectivity index (χ4v) is 6.68. The minimum atomic E-state index is -0.326. The second-order valence-electron chi connectivity index (χ2n) is 9.83. The Morgan fingerprint density at radius 2 is 2.25 bits per heavy atom. The average molecular weight is 507 g/mol. The first kappa shape index (κ1) is 23.2. The minimum Gasteiger partial charge on any atom is -0.397 e. The van der Waals surface area contributed by atoms with Gasteiger partial charge in [0.2, 0.25) is 0 Å². The summed E-state index contributed by atoms with van der Waals surface area (Å²) in [4.78, 5) is 20.9. The van der Waals surface area contributed by atoms with Crippen LogP contribution in [0.1, 0.15) is 38.5 Å². The second kappa shape index (κ2) is 9.00. The zero-order chi connectivity index (χ0) is 25.0. The quantitative estimate of drug-likeness (QED) is 0.500. The smallest absolute Gasteiger partial charge is 0.263 e. The van der Waals surface area contributed by atoms with Gasteiger partial charge in [0.05, 0.1) is 36.2 Å². The number of carbonyl (C=O) groups excluding carboxylic acids is 1. The number of nitriles is 1. The number of nitrogen functional groups attached to an aromatic ring is 1. The van der Waals surface area contributed by atoms with Crippen LogP contribution in [0.4, 0.5) is 15.8 Å². The third-order valence-electron chi connectivity index (χ3n) is 7.49. The predicted molar refractivity (Wildman–Crippen MR) is 137 cm³/mol. The molecule has 0 saturated carbocycles.